The van der Waals surface area contributed by atoms with Crippen LogP contribution < -0.4 is 15.0 Å². The lowest BCUT2D eigenvalue weighted by Crippen LogP contribution is -2.31. The van der Waals surface area contributed by atoms with E-state index >= 15 is 0 Å². The largest absolute Gasteiger partial charge is 0.445 e. The number of anilines is 2. The van der Waals surface area contributed by atoms with Crippen LogP contribution in [-0.2, 0) is 0 Å². The molecule has 8 heteroatoms. The number of urea groups is 1. The normalized spacial score (nSPS) is 13.2. The zero-order valence-electron chi connectivity index (χ0n) is 15.0. The second-order valence-electron chi connectivity index (χ2n) is 6.51. The highest BCUT2D eigenvalue weighted by Crippen LogP contribution is 2.44. The van der Waals surface area contributed by atoms with Gasteiger partial charge >= 0.3 is 6.03 Å². The Morgan fingerprint density at radius 3 is 2.86 bits per heavy atom. The molecule has 0 spiro atoms. The van der Waals surface area contributed by atoms with Crippen LogP contribution in [0, 0.1) is 5.82 Å². The molecule has 144 valence electrons. The first kappa shape index (κ1) is 18.7. The summed E-state index contributed by atoms with van der Waals surface area (Å²) in [4.78, 5) is 18.1. The van der Waals surface area contributed by atoms with E-state index < -0.39 is 0 Å². The summed E-state index contributed by atoms with van der Waals surface area (Å²) < 4.78 is 18.8. The van der Waals surface area contributed by atoms with Crippen molar-refractivity contribution in [2.75, 3.05) is 17.3 Å². The van der Waals surface area contributed by atoms with Crippen molar-refractivity contribution >= 4 is 39.8 Å². The van der Waals surface area contributed by atoms with Gasteiger partial charge in [-0.2, -0.15) is 0 Å². The molecule has 1 aromatic heterocycles. The maximum atomic E-state index is 13.2. The number of ether oxygens (including phenoxy) is 1. The highest BCUT2D eigenvalue weighted by Gasteiger charge is 2.26. The predicted molar refractivity (Wildman–Crippen MR) is 109 cm³/mol. The Morgan fingerprint density at radius 2 is 2.14 bits per heavy atom. The maximum Gasteiger partial charge on any atom is 0.327 e. The van der Waals surface area contributed by atoms with Gasteiger partial charge in [0.1, 0.15) is 11.6 Å². The first-order valence-corrected chi connectivity index (χ1v) is 9.92. The molecule has 0 unspecified atom stereocenters. The van der Waals surface area contributed by atoms with Gasteiger partial charge in [-0.25, -0.2) is 14.2 Å². The molecular formula is C20H17ClFN3O2S. The third-order valence-corrected chi connectivity index (χ3v) is 5.52. The summed E-state index contributed by atoms with van der Waals surface area (Å²) in [7, 11) is 1.66. The van der Waals surface area contributed by atoms with E-state index in [2.05, 4.69) is 10.3 Å². The van der Waals surface area contributed by atoms with E-state index in [1.807, 2.05) is 12.1 Å². The number of carbonyl (C=O) groups is 1. The molecule has 0 radical (unpaired) electrons. The molecule has 0 atom stereocenters. The zero-order chi connectivity index (χ0) is 19.7. The lowest BCUT2D eigenvalue weighted by Gasteiger charge is -2.18. The molecule has 0 bridgehead atoms. The Kier molecular flexibility index (Phi) is 5.19. The predicted octanol–water partition coefficient (Wildman–Crippen LogP) is 6.27. The van der Waals surface area contributed by atoms with E-state index in [1.165, 1.54) is 36.1 Å². The molecule has 0 saturated heterocycles. The van der Waals surface area contributed by atoms with E-state index in [-0.39, 0.29) is 11.8 Å². The third kappa shape index (κ3) is 4.26. The maximum absolute atomic E-state index is 13.2. The van der Waals surface area contributed by atoms with Crippen molar-refractivity contribution in [3.8, 4) is 10.8 Å². The first-order chi connectivity index (χ1) is 13.5. The number of halogens is 2. The van der Waals surface area contributed by atoms with E-state index in [4.69, 9.17) is 16.3 Å². The molecule has 4 rings (SSSR count). The molecule has 5 nitrogen and oxygen atoms in total. The molecule has 1 fully saturated rings. The Hall–Kier alpha value is -2.64. The quantitative estimate of drug-likeness (QED) is 0.532. The highest BCUT2D eigenvalue weighted by molar-refractivity contribution is 7.17. The molecule has 2 amide bonds. The van der Waals surface area contributed by atoms with Crippen molar-refractivity contribution < 1.29 is 13.9 Å². The molecule has 1 N–H and O–H groups in total. The molecule has 28 heavy (non-hydrogen) atoms. The van der Waals surface area contributed by atoms with Crippen LogP contribution in [0.3, 0.4) is 0 Å². The summed E-state index contributed by atoms with van der Waals surface area (Å²) in [5.41, 5.74) is 1.83. The minimum Gasteiger partial charge on any atom is -0.445 e. The molecule has 1 aliphatic carbocycles. The number of aromatic nitrogens is 1. The van der Waals surface area contributed by atoms with Gasteiger partial charge in [-0.1, -0.05) is 35.1 Å². The van der Waals surface area contributed by atoms with Crippen molar-refractivity contribution in [1.29, 1.82) is 0 Å². The van der Waals surface area contributed by atoms with E-state index in [1.54, 1.807) is 25.2 Å². The third-order valence-electron chi connectivity index (χ3n) is 4.41. The molecular weight excluding hydrogens is 401 g/mol. The number of thiazole rings is 1. The van der Waals surface area contributed by atoms with E-state index in [9.17, 15) is 9.18 Å². The van der Waals surface area contributed by atoms with Gasteiger partial charge in [0.15, 0.2) is 5.13 Å². The number of benzene rings is 2. The van der Waals surface area contributed by atoms with Crippen molar-refractivity contribution in [3.05, 3.63) is 65.1 Å². The average molecular weight is 418 g/mol. The first-order valence-electron chi connectivity index (χ1n) is 8.73. The number of hydrogen-bond acceptors (Lipinski definition) is 4. The highest BCUT2D eigenvalue weighted by atomic mass is 35.5. The lowest BCUT2D eigenvalue weighted by molar-refractivity contribution is 0.258. The monoisotopic (exact) mass is 417 g/mol. The van der Waals surface area contributed by atoms with Crippen LogP contribution in [0.15, 0.2) is 48.7 Å². The van der Waals surface area contributed by atoms with Gasteiger partial charge in [0.2, 0.25) is 5.06 Å². The van der Waals surface area contributed by atoms with Crippen LogP contribution in [0.2, 0.25) is 5.02 Å². The van der Waals surface area contributed by atoms with Gasteiger partial charge < -0.3 is 4.74 Å². The fourth-order valence-electron chi connectivity index (χ4n) is 2.75. The van der Waals surface area contributed by atoms with Gasteiger partial charge in [0.25, 0.3) is 0 Å². The Balaban J connectivity index is 1.40. The summed E-state index contributed by atoms with van der Waals surface area (Å²) >= 11 is 7.50. The van der Waals surface area contributed by atoms with Crippen LogP contribution in [0.5, 0.6) is 10.8 Å². The second kappa shape index (κ2) is 7.77. The van der Waals surface area contributed by atoms with Crippen molar-refractivity contribution in [2.45, 2.75) is 18.8 Å². The van der Waals surface area contributed by atoms with Gasteiger partial charge in [0.05, 0.1) is 6.20 Å². The van der Waals surface area contributed by atoms with Gasteiger partial charge in [-0.05, 0) is 48.6 Å². The zero-order valence-corrected chi connectivity index (χ0v) is 16.6. The number of amides is 2. The summed E-state index contributed by atoms with van der Waals surface area (Å²) in [5.74, 6) is 0.528. The molecule has 1 aliphatic rings. The van der Waals surface area contributed by atoms with Crippen molar-refractivity contribution in [3.63, 3.8) is 0 Å². The Morgan fingerprint density at radius 1 is 1.32 bits per heavy atom. The minimum absolute atomic E-state index is 0.345. The number of nitrogens with zero attached hydrogens (tertiary/aromatic N) is 2. The Bertz CT molecular complexity index is 1020. The number of rotatable bonds is 5. The molecule has 1 saturated carbocycles. The second-order valence-corrected chi connectivity index (χ2v) is 7.91. The van der Waals surface area contributed by atoms with E-state index in [0.29, 0.717) is 32.6 Å². The average Bonchev–Trinajstić information content (AvgIpc) is 3.42. The van der Waals surface area contributed by atoms with Crippen LogP contribution in [0.25, 0.3) is 0 Å². The fraction of sp³-hybridized carbons (Fsp3) is 0.200. The van der Waals surface area contributed by atoms with Crippen LogP contribution >= 0.6 is 22.9 Å². The van der Waals surface area contributed by atoms with Gasteiger partial charge in [0, 0.05) is 23.8 Å². The molecule has 1 heterocycles. The molecule has 3 aromatic rings. The Labute approximate surface area is 170 Å². The smallest absolute Gasteiger partial charge is 0.327 e. The lowest BCUT2D eigenvalue weighted by atomic mass is 10.1. The van der Waals surface area contributed by atoms with E-state index in [0.717, 1.165) is 16.9 Å². The van der Waals surface area contributed by atoms with Crippen LogP contribution in [-0.4, -0.2) is 18.1 Å². The summed E-state index contributed by atoms with van der Waals surface area (Å²) in [5, 5.41) is 4.23. The SMILES string of the molecule is CN(C(=O)Nc1ncc(Oc2cccc(F)c2)s1)c1ccc(C2CC2)c(Cl)c1. The molecule has 2 aromatic carbocycles. The standard InChI is InChI=1S/C20H17ClFN3O2S/c1-25(14-7-8-16(12-5-6-12)17(21)10-14)20(26)24-19-23-11-18(28-19)27-15-4-2-3-13(22)9-15/h2-4,7-12H,5-6H2,1H3,(H,23,24,26). The summed E-state index contributed by atoms with van der Waals surface area (Å²) in [6.45, 7) is 0. The number of nitrogens with one attached hydrogen (secondary N) is 1. The van der Waals surface area contributed by atoms with Crippen molar-refractivity contribution in [2.24, 2.45) is 0 Å². The number of hydrogen-bond donors (Lipinski definition) is 1. The summed E-state index contributed by atoms with van der Waals surface area (Å²) in [6.07, 6.45) is 3.81. The van der Waals surface area contributed by atoms with Crippen LogP contribution in [0.4, 0.5) is 20.0 Å². The summed E-state index contributed by atoms with van der Waals surface area (Å²) in [6, 6.07) is 11.1. The number of carbonyl (C=O) groups excluding carboxylic acids is 1. The van der Waals surface area contributed by atoms with Gasteiger partial charge in [-0.3, -0.25) is 10.2 Å². The molecule has 0 aliphatic heterocycles. The fourth-order valence-corrected chi connectivity index (χ4v) is 3.76. The van der Waals surface area contributed by atoms with Gasteiger partial charge in [-0.15, -0.1) is 0 Å². The van der Waals surface area contributed by atoms with Crippen molar-refractivity contribution in [1.82, 2.24) is 4.98 Å². The van der Waals surface area contributed by atoms with Crippen LogP contribution in [0.1, 0.15) is 24.3 Å². The minimum atomic E-state index is -0.386. The topological polar surface area (TPSA) is 54.5 Å².